The molecule has 1 aromatic carbocycles. The van der Waals surface area contributed by atoms with E-state index in [-0.39, 0.29) is 0 Å². The van der Waals surface area contributed by atoms with Crippen molar-refractivity contribution in [2.75, 3.05) is 6.54 Å². The van der Waals surface area contributed by atoms with Gasteiger partial charge in [0, 0.05) is 22.5 Å². The van der Waals surface area contributed by atoms with Gasteiger partial charge in [-0.3, -0.25) is 4.40 Å². The summed E-state index contributed by atoms with van der Waals surface area (Å²) >= 11 is 8.49. The minimum Gasteiger partial charge on any atom is -0.436 e. The largest absolute Gasteiger partial charge is 0.436 e. The monoisotopic (exact) mass is 415 g/mol. The third kappa shape index (κ3) is 2.63. The summed E-state index contributed by atoms with van der Waals surface area (Å²) in [5, 5.41) is 2.00. The first-order chi connectivity index (χ1) is 9.69. The predicted octanol–water partition coefficient (Wildman–Crippen LogP) is 4.21. The summed E-state index contributed by atoms with van der Waals surface area (Å²) in [4.78, 5) is 5.43. The van der Waals surface area contributed by atoms with Crippen molar-refractivity contribution in [1.82, 2.24) is 9.38 Å². The molecule has 0 bridgehead atoms. The summed E-state index contributed by atoms with van der Waals surface area (Å²) in [6.07, 6.45) is 2.71. The normalized spacial score (nSPS) is 11.2. The van der Waals surface area contributed by atoms with Crippen LogP contribution >= 0.6 is 43.2 Å². The number of hydrogen-bond acceptors (Lipinski definition) is 4. The van der Waals surface area contributed by atoms with Gasteiger partial charge in [-0.2, -0.15) is 4.98 Å². The number of benzene rings is 1. The predicted molar refractivity (Wildman–Crippen MR) is 87.7 cm³/mol. The number of hydrogen-bond donors (Lipinski definition) is 1. The van der Waals surface area contributed by atoms with Crippen molar-refractivity contribution in [3.8, 4) is 11.6 Å². The van der Waals surface area contributed by atoms with Gasteiger partial charge in [-0.1, -0.05) is 15.9 Å². The van der Waals surface area contributed by atoms with Crippen LogP contribution in [0.2, 0.25) is 0 Å². The zero-order chi connectivity index (χ0) is 14.1. The maximum absolute atomic E-state index is 5.94. The van der Waals surface area contributed by atoms with E-state index >= 15 is 0 Å². The van der Waals surface area contributed by atoms with Gasteiger partial charge in [0.25, 0.3) is 0 Å². The molecule has 7 heteroatoms. The van der Waals surface area contributed by atoms with E-state index in [9.17, 15) is 0 Å². The maximum Gasteiger partial charge on any atom is 0.242 e. The summed E-state index contributed by atoms with van der Waals surface area (Å²) in [5.74, 6) is 1.35. The van der Waals surface area contributed by atoms with Crippen molar-refractivity contribution in [2.24, 2.45) is 5.73 Å². The quantitative estimate of drug-likeness (QED) is 0.692. The Morgan fingerprint density at radius 2 is 2.20 bits per heavy atom. The molecule has 0 spiro atoms. The molecule has 3 rings (SSSR count). The van der Waals surface area contributed by atoms with Crippen LogP contribution in [0, 0.1) is 0 Å². The van der Waals surface area contributed by atoms with Crippen LogP contribution < -0.4 is 10.5 Å². The first kappa shape index (κ1) is 14.1. The zero-order valence-corrected chi connectivity index (χ0v) is 14.3. The van der Waals surface area contributed by atoms with Crippen LogP contribution in [0.4, 0.5) is 0 Å². The Hall–Kier alpha value is -0.890. The molecule has 2 aromatic heterocycles. The van der Waals surface area contributed by atoms with Crippen LogP contribution in [0.5, 0.6) is 11.6 Å². The van der Waals surface area contributed by atoms with E-state index in [4.69, 9.17) is 10.5 Å². The van der Waals surface area contributed by atoms with E-state index in [1.54, 1.807) is 11.3 Å². The Bertz CT molecular complexity index is 753. The smallest absolute Gasteiger partial charge is 0.242 e. The van der Waals surface area contributed by atoms with Gasteiger partial charge in [0.2, 0.25) is 5.88 Å². The lowest BCUT2D eigenvalue weighted by Gasteiger charge is -2.07. The van der Waals surface area contributed by atoms with Crippen LogP contribution in [-0.2, 0) is 6.42 Å². The van der Waals surface area contributed by atoms with E-state index in [1.807, 2.05) is 34.2 Å². The summed E-state index contributed by atoms with van der Waals surface area (Å²) < 4.78 is 9.84. The Morgan fingerprint density at radius 3 is 2.95 bits per heavy atom. The summed E-state index contributed by atoms with van der Waals surface area (Å²) in [6, 6.07) is 5.77. The van der Waals surface area contributed by atoms with Crippen molar-refractivity contribution in [1.29, 1.82) is 0 Å². The Labute approximate surface area is 136 Å². The molecule has 0 atom stereocenters. The molecule has 0 saturated carbocycles. The maximum atomic E-state index is 5.94. The highest BCUT2D eigenvalue weighted by Crippen LogP contribution is 2.34. The molecule has 3 aromatic rings. The molecular formula is C13H11Br2N3OS. The standard InChI is InChI=1S/C13H11Br2N3OS/c14-8-1-2-11(9(15)7-8)19-12-10(3-4-16)18-5-6-20-13(18)17-12/h1-2,5-7H,3-4,16H2. The third-order valence-corrected chi connectivity index (χ3v) is 4.68. The summed E-state index contributed by atoms with van der Waals surface area (Å²) in [6.45, 7) is 0.557. The molecule has 0 amide bonds. The molecule has 0 aliphatic carbocycles. The fraction of sp³-hybridized carbons (Fsp3) is 0.154. The number of halogens is 2. The van der Waals surface area contributed by atoms with Crippen LogP contribution in [0.1, 0.15) is 5.69 Å². The highest BCUT2D eigenvalue weighted by molar-refractivity contribution is 9.11. The first-order valence-corrected chi connectivity index (χ1v) is 8.43. The van der Waals surface area contributed by atoms with Crippen molar-refractivity contribution >= 4 is 48.2 Å². The average molecular weight is 417 g/mol. The van der Waals surface area contributed by atoms with Crippen LogP contribution in [0.3, 0.4) is 0 Å². The number of imidazole rings is 1. The second kappa shape index (κ2) is 5.85. The molecule has 2 N–H and O–H groups in total. The zero-order valence-electron chi connectivity index (χ0n) is 10.3. The summed E-state index contributed by atoms with van der Waals surface area (Å²) in [7, 11) is 0. The summed E-state index contributed by atoms with van der Waals surface area (Å²) in [5.41, 5.74) is 6.68. The minimum absolute atomic E-state index is 0.557. The Balaban J connectivity index is 2.01. The molecular weight excluding hydrogens is 406 g/mol. The minimum atomic E-state index is 0.557. The molecule has 4 nitrogen and oxygen atoms in total. The molecule has 0 radical (unpaired) electrons. The van der Waals surface area contributed by atoms with Gasteiger partial charge < -0.3 is 10.5 Å². The molecule has 2 heterocycles. The molecule has 104 valence electrons. The second-order valence-corrected chi connectivity index (χ2v) is 6.78. The lowest BCUT2D eigenvalue weighted by Crippen LogP contribution is -2.05. The number of nitrogens with zero attached hydrogens (tertiary/aromatic N) is 2. The Morgan fingerprint density at radius 1 is 1.35 bits per heavy atom. The van der Waals surface area contributed by atoms with Crippen LogP contribution in [-0.4, -0.2) is 15.9 Å². The molecule has 0 aliphatic rings. The lowest BCUT2D eigenvalue weighted by atomic mass is 10.3. The number of aromatic nitrogens is 2. The van der Waals surface area contributed by atoms with Crippen molar-refractivity contribution < 1.29 is 4.74 Å². The van der Waals surface area contributed by atoms with E-state index in [1.165, 1.54) is 0 Å². The number of fused-ring (bicyclic) bond motifs is 1. The average Bonchev–Trinajstić information content (AvgIpc) is 2.96. The van der Waals surface area contributed by atoms with Gasteiger partial charge in [0.1, 0.15) is 5.75 Å². The Kier molecular flexibility index (Phi) is 4.11. The van der Waals surface area contributed by atoms with Gasteiger partial charge >= 0.3 is 0 Å². The molecule has 0 aliphatic heterocycles. The first-order valence-electron chi connectivity index (χ1n) is 5.96. The highest BCUT2D eigenvalue weighted by Gasteiger charge is 2.15. The van der Waals surface area contributed by atoms with E-state index in [0.717, 1.165) is 31.8 Å². The topological polar surface area (TPSA) is 52.5 Å². The number of ether oxygens (including phenoxy) is 1. The molecule has 0 fully saturated rings. The van der Waals surface area contributed by atoms with E-state index in [2.05, 4.69) is 36.8 Å². The second-order valence-electron chi connectivity index (χ2n) is 4.13. The molecule has 0 saturated heterocycles. The number of nitrogens with two attached hydrogens (primary N) is 1. The van der Waals surface area contributed by atoms with Gasteiger partial charge in [-0.25, -0.2) is 0 Å². The molecule has 0 unspecified atom stereocenters. The van der Waals surface area contributed by atoms with Crippen molar-refractivity contribution in [3.05, 3.63) is 44.4 Å². The van der Waals surface area contributed by atoms with Crippen LogP contribution in [0.25, 0.3) is 4.96 Å². The number of thiazole rings is 1. The fourth-order valence-corrected chi connectivity index (χ4v) is 3.77. The van der Waals surface area contributed by atoms with Gasteiger partial charge in [-0.15, -0.1) is 11.3 Å². The molecule has 20 heavy (non-hydrogen) atoms. The van der Waals surface area contributed by atoms with E-state index in [0.29, 0.717) is 12.4 Å². The SMILES string of the molecule is NCCc1c(Oc2ccc(Br)cc2Br)nc2sccn12. The fourth-order valence-electron chi connectivity index (χ4n) is 1.92. The number of rotatable bonds is 4. The van der Waals surface area contributed by atoms with E-state index < -0.39 is 0 Å². The van der Waals surface area contributed by atoms with Crippen molar-refractivity contribution in [3.63, 3.8) is 0 Å². The lowest BCUT2D eigenvalue weighted by molar-refractivity contribution is 0.456. The van der Waals surface area contributed by atoms with Crippen LogP contribution in [0.15, 0.2) is 38.7 Å². The van der Waals surface area contributed by atoms with Crippen molar-refractivity contribution in [2.45, 2.75) is 6.42 Å². The van der Waals surface area contributed by atoms with Gasteiger partial charge in [-0.05, 0) is 40.7 Å². The van der Waals surface area contributed by atoms with Gasteiger partial charge in [0.05, 0.1) is 10.2 Å². The third-order valence-electron chi connectivity index (χ3n) is 2.81. The highest BCUT2D eigenvalue weighted by atomic mass is 79.9. The van der Waals surface area contributed by atoms with Gasteiger partial charge in [0.15, 0.2) is 4.96 Å².